The Bertz CT molecular complexity index is 500. The molecule has 0 aliphatic rings. The fourth-order valence-electron chi connectivity index (χ4n) is 1.45. The van der Waals surface area contributed by atoms with Crippen molar-refractivity contribution in [3.05, 3.63) is 45.5 Å². The van der Waals surface area contributed by atoms with E-state index in [9.17, 15) is 19.7 Å². The van der Waals surface area contributed by atoms with Gasteiger partial charge in [-0.15, -0.1) is 10.1 Å². The van der Waals surface area contributed by atoms with Crippen LogP contribution in [0.2, 0.25) is 0 Å². The van der Waals surface area contributed by atoms with Crippen molar-refractivity contribution >= 4 is 11.9 Å². The average Bonchev–Trinajstić information content (AvgIpc) is 2.36. The van der Waals surface area contributed by atoms with E-state index >= 15 is 0 Å². The van der Waals surface area contributed by atoms with Crippen LogP contribution in [0.5, 0.6) is 0 Å². The van der Waals surface area contributed by atoms with Crippen molar-refractivity contribution in [2.75, 3.05) is 6.61 Å². The predicted octanol–water partition coefficient (Wildman–Crippen LogP) is 1.20. The summed E-state index contributed by atoms with van der Waals surface area (Å²) >= 11 is 0. The first-order valence-corrected chi connectivity index (χ1v) is 5.21. The molecule has 1 aromatic carbocycles. The van der Waals surface area contributed by atoms with Gasteiger partial charge in [0.1, 0.15) is 6.10 Å². The van der Waals surface area contributed by atoms with E-state index in [1.807, 2.05) is 0 Å². The summed E-state index contributed by atoms with van der Waals surface area (Å²) in [6.07, 6.45) is -0.852. The molecular formula is C11H11NO7. The molecule has 8 heteroatoms. The molecule has 1 aromatic rings. The van der Waals surface area contributed by atoms with Crippen molar-refractivity contribution in [3.8, 4) is 0 Å². The zero-order valence-corrected chi connectivity index (χ0v) is 9.94. The lowest BCUT2D eigenvalue weighted by molar-refractivity contribution is -0.754. The monoisotopic (exact) mass is 269 g/mol. The molecule has 1 unspecified atom stereocenters. The molecule has 1 atom stereocenters. The van der Waals surface area contributed by atoms with Gasteiger partial charge in [-0.1, -0.05) is 18.2 Å². The van der Waals surface area contributed by atoms with Gasteiger partial charge in [0.05, 0.1) is 5.56 Å². The molecule has 0 aromatic heterocycles. The number of carbonyl (C=O) groups is 2. The quantitative estimate of drug-likeness (QED) is 0.468. The first kappa shape index (κ1) is 14.4. The smallest absolute Gasteiger partial charge is 0.336 e. The molecule has 0 saturated carbocycles. The van der Waals surface area contributed by atoms with Gasteiger partial charge in [0, 0.05) is 5.56 Å². The molecule has 8 nitrogen and oxygen atoms in total. The first-order chi connectivity index (χ1) is 8.91. The second kappa shape index (κ2) is 6.34. The molecule has 1 N–H and O–H groups in total. The molecule has 0 aliphatic heterocycles. The molecule has 0 saturated heterocycles. The number of carboxylic acid groups (broad SMARTS) is 1. The molecule has 0 spiro atoms. The molecule has 0 bridgehead atoms. The maximum atomic E-state index is 11.2. The standard InChI is InChI=1S/C11H11NO7/c1-7(19-10(13)6-18-12(16)17)8-4-2-3-5-9(8)11(14)15/h2-5,7H,6H2,1H3,(H,14,15). The number of carbonyl (C=O) groups excluding carboxylic acids is 1. The minimum atomic E-state index is -1.15. The second-order valence-corrected chi connectivity index (χ2v) is 3.52. The molecule has 0 aliphatic carbocycles. The molecule has 0 heterocycles. The van der Waals surface area contributed by atoms with Gasteiger partial charge in [-0.05, 0) is 13.0 Å². The molecule has 0 amide bonds. The van der Waals surface area contributed by atoms with Gasteiger partial charge in [0.15, 0.2) is 6.61 Å². The number of nitrogens with zero attached hydrogens (tertiary/aromatic N) is 1. The highest BCUT2D eigenvalue weighted by Crippen LogP contribution is 2.21. The van der Waals surface area contributed by atoms with E-state index in [0.717, 1.165) is 0 Å². The number of ether oxygens (including phenoxy) is 1. The lowest BCUT2D eigenvalue weighted by Gasteiger charge is -2.15. The van der Waals surface area contributed by atoms with Crippen LogP contribution in [-0.4, -0.2) is 28.7 Å². The van der Waals surface area contributed by atoms with Crippen molar-refractivity contribution in [2.24, 2.45) is 0 Å². The first-order valence-electron chi connectivity index (χ1n) is 5.21. The SMILES string of the molecule is CC(OC(=O)CO[N+](=O)[O-])c1ccccc1C(=O)O. The molecule has 19 heavy (non-hydrogen) atoms. The Labute approximate surface area is 107 Å². The number of hydrogen-bond acceptors (Lipinski definition) is 6. The summed E-state index contributed by atoms with van der Waals surface area (Å²) in [5.41, 5.74) is 0.294. The highest BCUT2D eigenvalue weighted by Gasteiger charge is 2.18. The summed E-state index contributed by atoms with van der Waals surface area (Å²) < 4.78 is 4.85. The van der Waals surface area contributed by atoms with Crippen LogP contribution in [0.4, 0.5) is 0 Å². The van der Waals surface area contributed by atoms with Gasteiger partial charge < -0.3 is 14.7 Å². The van der Waals surface area contributed by atoms with E-state index in [1.54, 1.807) is 6.07 Å². The normalized spacial score (nSPS) is 11.4. The summed E-state index contributed by atoms with van der Waals surface area (Å²) in [6.45, 7) is 0.623. The molecule has 102 valence electrons. The fraction of sp³-hybridized carbons (Fsp3) is 0.273. The van der Waals surface area contributed by atoms with Crippen LogP contribution in [-0.2, 0) is 14.4 Å². The summed E-state index contributed by atoms with van der Waals surface area (Å²) in [5, 5.41) is 17.8. The van der Waals surface area contributed by atoms with Crippen LogP contribution < -0.4 is 0 Å². The third-order valence-corrected chi connectivity index (χ3v) is 2.23. The van der Waals surface area contributed by atoms with E-state index < -0.39 is 29.7 Å². The van der Waals surface area contributed by atoms with Crippen molar-refractivity contribution in [1.82, 2.24) is 0 Å². The van der Waals surface area contributed by atoms with E-state index in [2.05, 4.69) is 4.84 Å². The zero-order valence-electron chi connectivity index (χ0n) is 9.94. The Kier molecular flexibility index (Phi) is 4.81. The minimum absolute atomic E-state index is 0.00186. The maximum Gasteiger partial charge on any atom is 0.336 e. The lowest BCUT2D eigenvalue weighted by atomic mass is 10.0. The van der Waals surface area contributed by atoms with Crippen LogP contribution in [0.25, 0.3) is 0 Å². The Balaban J connectivity index is 2.73. The number of carboxylic acids is 1. The molecule has 1 rings (SSSR count). The van der Waals surface area contributed by atoms with Crippen LogP contribution in [0, 0.1) is 10.1 Å². The van der Waals surface area contributed by atoms with E-state index in [4.69, 9.17) is 9.84 Å². The number of rotatable bonds is 6. The number of esters is 1. The van der Waals surface area contributed by atoms with Gasteiger partial charge in [0.2, 0.25) is 0 Å². The third-order valence-electron chi connectivity index (χ3n) is 2.23. The Morgan fingerprint density at radius 2 is 2.05 bits per heavy atom. The van der Waals surface area contributed by atoms with Crippen LogP contribution in [0.1, 0.15) is 28.9 Å². The second-order valence-electron chi connectivity index (χ2n) is 3.52. The topological polar surface area (TPSA) is 116 Å². The van der Waals surface area contributed by atoms with Crippen molar-refractivity contribution in [3.63, 3.8) is 0 Å². The molecule has 0 radical (unpaired) electrons. The number of benzene rings is 1. The van der Waals surface area contributed by atoms with Crippen LogP contribution in [0.3, 0.4) is 0 Å². The van der Waals surface area contributed by atoms with Crippen molar-refractivity contribution in [2.45, 2.75) is 13.0 Å². The summed E-state index contributed by atoms with van der Waals surface area (Å²) in [7, 11) is 0. The Morgan fingerprint density at radius 1 is 1.42 bits per heavy atom. The number of hydrogen-bond donors (Lipinski definition) is 1. The lowest BCUT2D eigenvalue weighted by Crippen LogP contribution is -2.18. The van der Waals surface area contributed by atoms with Gasteiger partial charge in [-0.25, -0.2) is 9.59 Å². The largest absolute Gasteiger partial charge is 0.478 e. The van der Waals surface area contributed by atoms with E-state index in [1.165, 1.54) is 25.1 Å². The zero-order chi connectivity index (χ0) is 14.4. The van der Waals surface area contributed by atoms with E-state index in [0.29, 0.717) is 5.56 Å². The average molecular weight is 269 g/mol. The van der Waals surface area contributed by atoms with Gasteiger partial charge in [0.25, 0.3) is 5.09 Å². The predicted molar refractivity (Wildman–Crippen MR) is 60.9 cm³/mol. The van der Waals surface area contributed by atoms with Gasteiger partial charge >= 0.3 is 11.9 Å². The highest BCUT2D eigenvalue weighted by molar-refractivity contribution is 5.89. The maximum absolute atomic E-state index is 11.2. The van der Waals surface area contributed by atoms with Crippen LogP contribution >= 0.6 is 0 Å². The Hall–Kier alpha value is -2.64. The van der Waals surface area contributed by atoms with Crippen LogP contribution in [0.15, 0.2) is 24.3 Å². The molecular weight excluding hydrogens is 258 g/mol. The summed E-state index contributed by atoms with van der Waals surface area (Å²) in [6, 6.07) is 6.00. The highest BCUT2D eigenvalue weighted by atomic mass is 17.0. The third kappa shape index (κ3) is 4.26. The fourth-order valence-corrected chi connectivity index (χ4v) is 1.45. The van der Waals surface area contributed by atoms with Gasteiger partial charge in [-0.2, -0.15) is 0 Å². The molecule has 0 fully saturated rings. The van der Waals surface area contributed by atoms with Gasteiger partial charge in [-0.3, -0.25) is 0 Å². The van der Waals surface area contributed by atoms with E-state index in [-0.39, 0.29) is 5.56 Å². The van der Waals surface area contributed by atoms with Crippen molar-refractivity contribution < 1.29 is 29.4 Å². The minimum Gasteiger partial charge on any atom is -0.478 e. The number of aromatic carboxylic acids is 1. The van der Waals surface area contributed by atoms with Crippen molar-refractivity contribution in [1.29, 1.82) is 0 Å². The summed E-state index contributed by atoms with van der Waals surface area (Å²) in [4.78, 5) is 35.9. The summed E-state index contributed by atoms with van der Waals surface area (Å²) in [5.74, 6) is -2.11. The Morgan fingerprint density at radius 3 is 2.63 bits per heavy atom.